The Morgan fingerprint density at radius 1 is 1.28 bits per heavy atom. The van der Waals surface area contributed by atoms with Crippen LogP contribution in [0.4, 0.5) is 0 Å². The maximum Gasteiger partial charge on any atom is 0.227 e. The van der Waals surface area contributed by atoms with Gasteiger partial charge in [0, 0.05) is 26.1 Å². The topological polar surface area (TPSA) is 84.2 Å². The molecule has 5 nitrogen and oxygen atoms in total. The molecule has 0 unspecified atom stereocenters. The molecule has 0 atom stereocenters. The Labute approximate surface area is 109 Å². The van der Waals surface area contributed by atoms with Crippen molar-refractivity contribution in [3.05, 3.63) is 0 Å². The summed E-state index contributed by atoms with van der Waals surface area (Å²) in [6.07, 6.45) is 2.98. The van der Waals surface area contributed by atoms with Gasteiger partial charge in [-0.05, 0) is 25.2 Å². The van der Waals surface area contributed by atoms with Crippen molar-refractivity contribution in [3.8, 4) is 0 Å². The Kier molecular flexibility index (Phi) is 5.59. The zero-order valence-electron chi connectivity index (χ0n) is 11.4. The normalized spacial score (nSPS) is 26.3. The molecule has 0 aliphatic heterocycles. The summed E-state index contributed by atoms with van der Waals surface area (Å²) in [6.45, 7) is 5.61. The van der Waals surface area contributed by atoms with Crippen LogP contribution in [0, 0.1) is 11.3 Å². The van der Waals surface area contributed by atoms with Crippen LogP contribution in [0.5, 0.6) is 0 Å². The lowest BCUT2D eigenvalue weighted by atomic mass is 9.62. The molecule has 1 rings (SSSR count). The number of amides is 2. The van der Waals surface area contributed by atoms with Crippen molar-refractivity contribution in [3.63, 3.8) is 0 Å². The van der Waals surface area contributed by atoms with E-state index in [1.165, 1.54) is 0 Å². The van der Waals surface area contributed by atoms with Crippen LogP contribution in [0.1, 0.15) is 39.5 Å². The fraction of sp³-hybridized carbons (Fsp3) is 0.846. The van der Waals surface area contributed by atoms with Crippen LogP contribution in [-0.4, -0.2) is 31.4 Å². The minimum absolute atomic E-state index is 0.00592. The van der Waals surface area contributed by atoms with Crippen molar-refractivity contribution in [2.24, 2.45) is 17.1 Å². The summed E-state index contributed by atoms with van der Waals surface area (Å²) >= 11 is 0. The summed E-state index contributed by atoms with van der Waals surface area (Å²) in [5, 5.41) is 5.60. The van der Waals surface area contributed by atoms with Crippen LogP contribution in [0.3, 0.4) is 0 Å². The largest absolute Gasteiger partial charge is 0.356 e. The van der Waals surface area contributed by atoms with Gasteiger partial charge in [0.25, 0.3) is 0 Å². The predicted molar refractivity (Wildman–Crippen MR) is 70.8 cm³/mol. The molecule has 0 saturated heterocycles. The summed E-state index contributed by atoms with van der Waals surface area (Å²) in [4.78, 5) is 23.3. The van der Waals surface area contributed by atoms with Crippen LogP contribution >= 0.6 is 0 Å². The third-order valence-electron chi connectivity index (χ3n) is 3.56. The lowest BCUT2D eigenvalue weighted by Gasteiger charge is -2.44. The molecule has 0 aromatic heterocycles. The van der Waals surface area contributed by atoms with E-state index in [4.69, 9.17) is 5.73 Å². The minimum atomic E-state index is -0.376. The van der Waals surface area contributed by atoms with Crippen molar-refractivity contribution in [2.45, 2.75) is 39.5 Å². The second kappa shape index (κ2) is 6.73. The Morgan fingerprint density at radius 3 is 2.44 bits per heavy atom. The van der Waals surface area contributed by atoms with Gasteiger partial charge in [-0.1, -0.05) is 13.8 Å². The summed E-state index contributed by atoms with van der Waals surface area (Å²) in [6, 6.07) is 0. The Morgan fingerprint density at radius 2 is 1.94 bits per heavy atom. The van der Waals surface area contributed by atoms with Gasteiger partial charge in [0.05, 0.1) is 5.41 Å². The second-order valence-electron chi connectivity index (χ2n) is 5.35. The Hall–Kier alpha value is -1.10. The highest BCUT2D eigenvalue weighted by molar-refractivity contribution is 5.84. The molecule has 5 heteroatoms. The van der Waals surface area contributed by atoms with E-state index >= 15 is 0 Å². The predicted octanol–water partition coefficient (Wildman–Crippen LogP) is 0.394. The van der Waals surface area contributed by atoms with Crippen LogP contribution in [0.15, 0.2) is 0 Å². The van der Waals surface area contributed by atoms with Gasteiger partial charge in [-0.2, -0.15) is 0 Å². The van der Waals surface area contributed by atoms with Gasteiger partial charge in [0.15, 0.2) is 0 Å². The maximum atomic E-state index is 12.0. The van der Waals surface area contributed by atoms with E-state index in [1.54, 1.807) is 0 Å². The highest BCUT2D eigenvalue weighted by Gasteiger charge is 2.46. The third-order valence-corrected chi connectivity index (χ3v) is 3.56. The lowest BCUT2D eigenvalue weighted by Crippen LogP contribution is -2.53. The van der Waals surface area contributed by atoms with Crippen LogP contribution < -0.4 is 16.4 Å². The standard InChI is InChI=1S/C13H25N3O2/c1-3-5-15-11(17)4-6-16-12(18)13(9-14)7-10(2)8-13/h10H,3-9,14H2,1-2H3,(H,15,17)(H,16,18). The molecule has 0 aromatic rings. The maximum absolute atomic E-state index is 12.0. The number of rotatable bonds is 7. The zero-order chi connectivity index (χ0) is 13.6. The van der Waals surface area contributed by atoms with E-state index in [0.29, 0.717) is 32.0 Å². The van der Waals surface area contributed by atoms with Gasteiger partial charge in [-0.25, -0.2) is 0 Å². The first-order valence-corrected chi connectivity index (χ1v) is 6.79. The molecule has 1 aliphatic carbocycles. The van der Waals surface area contributed by atoms with Crippen molar-refractivity contribution < 1.29 is 9.59 Å². The van der Waals surface area contributed by atoms with Crippen LogP contribution in [0.25, 0.3) is 0 Å². The summed E-state index contributed by atoms with van der Waals surface area (Å²) < 4.78 is 0. The molecule has 1 fully saturated rings. The van der Waals surface area contributed by atoms with E-state index in [1.807, 2.05) is 6.92 Å². The van der Waals surface area contributed by atoms with Crippen molar-refractivity contribution in [2.75, 3.05) is 19.6 Å². The smallest absolute Gasteiger partial charge is 0.227 e. The van der Waals surface area contributed by atoms with E-state index in [2.05, 4.69) is 17.6 Å². The Bertz CT molecular complexity index is 299. The quantitative estimate of drug-likeness (QED) is 0.615. The fourth-order valence-electron chi connectivity index (χ4n) is 2.55. The van der Waals surface area contributed by atoms with Gasteiger partial charge in [-0.15, -0.1) is 0 Å². The van der Waals surface area contributed by atoms with Crippen molar-refractivity contribution in [1.29, 1.82) is 0 Å². The first-order chi connectivity index (χ1) is 8.54. The molecule has 0 bridgehead atoms. The van der Waals surface area contributed by atoms with E-state index < -0.39 is 0 Å². The zero-order valence-corrected chi connectivity index (χ0v) is 11.4. The van der Waals surface area contributed by atoms with Crippen molar-refractivity contribution >= 4 is 11.8 Å². The second-order valence-corrected chi connectivity index (χ2v) is 5.35. The monoisotopic (exact) mass is 255 g/mol. The first-order valence-electron chi connectivity index (χ1n) is 6.79. The molecule has 0 radical (unpaired) electrons. The Balaban J connectivity index is 2.23. The molecule has 104 valence electrons. The molecule has 0 spiro atoms. The summed E-state index contributed by atoms with van der Waals surface area (Å²) in [5.74, 6) is 0.569. The van der Waals surface area contributed by atoms with E-state index in [-0.39, 0.29) is 17.2 Å². The third kappa shape index (κ3) is 3.70. The molecule has 1 saturated carbocycles. The SMILES string of the molecule is CCCNC(=O)CCNC(=O)C1(CN)CC(C)C1. The fourth-order valence-corrected chi connectivity index (χ4v) is 2.55. The van der Waals surface area contributed by atoms with Crippen LogP contribution in [0.2, 0.25) is 0 Å². The number of carbonyl (C=O) groups is 2. The van der Waals surface area contributed by atoms with Gasteiger partial charge in [0.1, 0.15) is 0 Å². The lowest BCUT2D eigenvalue weighted by molar-refractivity contribution is -0.138. The van der Waals surface area contributed by atoms with E-state index in [9.17, 15) is 9.59 Å². The number of carbonyl (C=O) groups excluding carboxylic acids is 2. The van der Waals surface area contributed by atoms with Gasteiger partial charge >= 0.3 is 0 Å². The average Bonchev–Trinajstić information content (AvgIpc) is 2.31. The van der Waals surface area contributed by atoms with Crippen LogP contribution in [-0.2, 0) is 9.59 Å². The van der Waals surface area contributed by atoms with Crippen molar-refractivity contribution in [1.82, 2.24) is 10.6 Å². The molecular formula is C13H25N3O2. The molecule has 2 amide bonds. The molecule has 0 aromatic carbocycles. The highest BCUT2D eigenvalue weighted by atomic mass is 16.2. The summed E-state index contributed by atoms with van der Waals surface area (Å²) in [7, 11) is 0. The molecule has 0 heterocycles. The van der Waals surface area contributed by atoms with Gasteiger partial charge < -0.3 is 16.4 Å². The van der Waals surface area contributed by atoms with Gasteiger partial charge in [0.2, 0.25) is 11.8 Å². The molecule has 4 N–H and O–H groups in total. The number of hydrogen-bond acceptors (Lipinski definition) is 3. The molecule has 1 aliphatic rings. The average molecular weight is 255 g/mol. The molecular weight excluding hydrogens is 230 g/mol. The van der Waals surface area contributed by atoms with E-state index in [0.717, 1.165) is 19.3 Å². The number of nitrogens with one attached hydrogen (secondary N) is 2. The summed E-state index contributed by atoms with van der Waals surface area (Å²) in [5.41, 5.74) is 5.31. The first kappa shape index (κ1) is 15.0. The molecule has 18 heavy (non-hydrogen) atoms. The van der Waals surface area contributed by atoms with Gasteiger partial charge in [-0.3, -0.25) is 9.59 Å². The number of nitrogens with two attached hydrogens (primary N) is 1. The number of hydrogen-bond donors (Lipinski definition) is 3. The highest BCUT2D eigenvalue weighted by Crippen LogP contribution is 2.44. The minimum Gasteiger partial charge on any atom is -0.356 e.